The zero-order valence-corrected chi connectivity index (χ0v) is 9.66. The number of carbonyl (C=O) groups is 2. The molecule has 0 aliphatic rings. The van der Waals surface area contributed by atoms with Gasteiger partial charge in [-0.2, -0.15) is 0 Å². The average Bonchev–Trinajstić information content (AvgIpc) is 1.96. The summed E-state index contributed by atoms with van der Waals surface area (Å²) in [5, 5.41) is 20.2. The largest absolute Gasteiger partial charge is 2.00 e. The van der Waals surface area contributed by atoms with Crippen LogP contribution in [-0.2, 0) is 14.3 Å². The summed E-state index contributed by atoms with van der Waals surface area (Å²) in [6, 6.07) is 0. The SMILES string of the molecule is CCCO[C@@H](CC(=O)[O-])C(=O)[O-].[Ca+2]. The van der Waals surface area contributed by atoms with Gasteiger partial charge in [-0.3, -0.25) is 0 Å². The van der Waals surface area contributed by atoms with E-state index in [-0.39, 0.29) is 44.3 Å². The Hall–Kier alpha value is 0.160. The quantitative estimate of drug-likeness (QED) is 0.448. The maximum absolute atomic E-state index is 10.2. The maximum Gasteiger partial charge on any atom is 2.00 e. The normalized spacial score (nSPS) is 11.5. The molecule has 0 aromatic rings. The topological polar surface area (TPSA) is 89.5 Å². The monoisotopic (exact) mass is 214 g/mol. The first-order valence-corrected chi connectivity index (χ1v) is 3.60. The summed E-state index contributed by atoms with van der Waals surface area (Å²) in [5.41, 5.74) is 0. The van der Waals surface area contributed by atoms with Crippen LogP contribution in [0.2, 0.25) is 0 Å². The van der Waals surface area contributed by atoms with E-state index in [1.165, 1.54) is 0 Å². The van der Waals surface area contributed by atoms with Crippen LogP contribution in [0.5, 0.6) is 0 Å². The summed E-state index contributed by atoms with van der Waals surface area (Å²) in [6.07, 6.45) is -1.44. The summed E-state index contributed by atoms with van der Waals surface area (Å²) >= 11 is 0. The van der Waals surface area contributed by atoms with Gasteiger partial charge in [-0.1, -0.05) is 6.92 Å². The molecule has 6 heteroatoms. The minimum Gasteiger partial charge on any atom is -0.550 e. The first-order valence-electron chi connectivity index (χ1n) is 3.60. The second-order valence-corrected chi connectivity index (χ2v) is 2.25. The Morgan fingerprint density at radius 3 is 2.23 bits per heavy atom. The average molecular weight is 214 g/mol. The van der Waals surface area contributed by atoms with Crippen LogP contribution in [0.4, 0.5) is 0 Å². The van der Waals surface area contributed by atoms with Gasteiger partial charge < -0.3 is 24.5 Å². The fourth-order valence-electron chi connectivity index (χ4n) is 0.622. The smallest absolute Gasteiger partial charge is 0.550 e. The Labute approximate surface area is 106 Å². The van der Waals surface area contributed by atoms with Crippen LogP contribution in [0.1, 0.15) is 19.8 Å². The molecule has 0 radical (unpaired) electrons. The van der Waals surface area contributed by atoms with E-state index in [0.29, 0.717) is 6.42 Å². The molecule has 13 heavy (non-hydrogen) atoms. The summed E-state index contributed by atoms with van der Waals surface area (Å²) in [5.74, 6) is -2.98. The number of rotatable bonds is 6. The molecule has 0 rings (SSSR count). The first-order chi connectivity index (χ1) is 5.57. The standard InChI is InChI=1S/C7H12O5.Ca/c1-2-3-12-5(7(10)11)4-6(8)9;/h5H,2-4H2,1H3,(H,8,9)(H,10,11);/q;+2/p-2/t5-;/m0./s1. The predicted molar refractivity (Wildman–Crippen MR) is 40.4 cm³/mol. The van der Waals surface area contributed by atoms with Crippen molar-refractivity contribution in [3.63, 3.8) is 0 Å². The summed E-state index contributed by atoms with van der Waals surface area (Å²) in [4.78, 5) is 20.2. The van der Waals surface area contributed by atoms with Crippen LogP contribution in [-0.4, -0.2) is 62.4 Å². The molecule has 0 saturated heterocycles. The van der Waals surface area contributed by atoms with Gasteiger partial charge in [0.25, 0.3) is 0 Å². The van der Waals surface area contributed by atoms with Crippen molar-refractivity contribution in [3.05, 3.63) is 0 Å². The summed E-state index contributed by atoms with van der Waals surface area (Å²) < 4.78 is 4.68. The zero-order chi connectivity index (χ0) is 9.56. The minimum atomic E-state index is -1.52. The Kier molecular flexibility index (Phi) is 10.5. The van der Waals surface area contributed by atoms with Crippen LogP contribution >= 0.6 is 0 Å². The Morgan fingerprint density at radius 2 is 1.92 bits per heavy atom. The molecule has 0 aliphatic heterocycles. The fraction of sp³-hybridized carbons (Fsp3) is 0.714. The molecule has 0 aliphatic carbocycles. The van der Waals surface area contributed by atoms with Gasteiger partial charge in [0.2, 0.25) is 0 Å². The van der Waals surface area contributed by atoms with E-state index < -0.39 is 24.5 Å². The number of carboxylic acid groups (broad SMARTS) is 2. The molecule has 0 fully saturated rings. The number of carbonyl (C=O) groups excluding carboxylic acids is 2. The number of hydrogen-bond donors (Lipinski definition) is 0. The number of hydrogen-bond acceptors (Lipinski definition) is 5. The van der Waals surface area contributed by atoms with Gasteiger partial charge in [0.1, 0.15) is 6.10 Å². The first kappa shape index (κ1) is 15.6. The van der Waals surface area contributed by atoms with Crippen LogP contribution in [0.15, 0.2) is 0 Å². The molecule has 0 bridgehead atoms. The second-order valence-electron chi connectivity index (χ2n) is 2.25. The van der Waals surface area contributed by atoms with Crippen LogP contribution in [0.25, 0.3) is 0 Å². The molecule has 1 atom stereocenters. The second kappa shape index (κ2) is 8.74. The van der Waals surface area contributed by atoms with E-state index >= 15 is 0 Å². The van der Waals surface area contributed by atoms with Crippen molar-refractivity contribution in [3.8, 4) is 0 Å². The van der Waals surface area contributed by atoms with E-state index in [9.17, 15) is 19.8 Å². The molecule has 0 heterocycles. The number of carboxylic acids is 2. The van der Waals surface area contributed by atoms with Crippen molar-refractivity contribution < 1.29 is 24.5 Å². The number of aliphatic carboxylic acids is 2. The van der Waals surface area contributed by atoms with Gasteiger partial charge in [-0.15, -0.1) is 0 Å². The van der Waals surface area contributed by atoms with Gasteiger partial charge in [-0.05, 0) is 6.42 Å². The molecule has 0 spiro atoms. The van der Waals surface area contributed by atoms with E-state index in [4.69, 9.17) is 0 Å². The van der Waals surface area contributed by atoms with E-state index in [0.717, 1.165) is 0 Å². The predicted octanol–water partition coefficient (Wildman–Crippen LogP) is -2.71. The van der Waals surface area contributed by atoms with E-state index in [1.807, 2.05) is 0 Å². The molecule has 5 nitrogen and oxygen atoms in total. The van der Waals surface area contributed by atoms with Crippen LogP contribution in [0, 0.1) is 0 Å². The fourth-order valence-corrected chi connectivity index (χ4v) is 0.622. The summed E-state index contributed by atoms with van der Waals surface area (Å²) in [6.45, 7) is 1.98. The van der Waals surface area contributed by atoms with Crippen molar-refractivity contribution in [1.29, 1.82) is 0 Å². The zero-order valence-electron chi connectivity index (χ0n) is 7.45. The van der Waals surface area contributed by atoms with Crippen molar-refractivity contribution >= 4 is 49.7 Å². The van der Waals surface area contributed by atoms with E-state index in [1.54, 1.807) is 6.92 Å². The van der Waals surface area contributed by atoms with Crippen molar-refractivity contribution in [2.75, 3.05) is 6.61 Å². The Balaban J connectivity index is 0. The van der Waals surface area contributed by atoms with Crippen molar-refractivity contribution in [2.45, 2.75) is 25.9 Å². The molecule has 0 aromatic carbocycles. The molecular weight excluding hydrogens is 204 g/mol. The summed E-state index contributed by atoms with van der Waals surface area (Å²) in [7, 11) is 0. The molecule has 0 unspecified atom stereocenters. The molecule has 0 saturated carbocycles. The van der Waals surface area contributed by atoms with Gasteiger partial charge in [0.15, 0.2) is 0 Å². The Bertz CT molecular complexity index is 170. The van der Waals surface area contributed by atoms with Gasteiger partial charge in [0, 0.05) is 19.0 Å². The molecule has 0 amide bonds. The number of ether oxygens (including phenoxy) is 1. The van der Waals surface area contributed by atoms with Gasteiger partial charge in [0.05, 0.1) is 5.97 Å². The third kappa shape index (κ3) is 8.49. The van der Waals surface area contributed by atoms with Crippen molar-refractivity contribution in [2.24, 2.45) is 0 Å². The van der Waals surface area contributed by atoms with Crippen LogP contribution < -0.4 is 10.2 Å². The third-order valence-corrected chi connectivity index (χ3v) is 1.14. The third-order valence-electron chi connectivity index (χ3n) is 1.14. The molecule has 0 N–H and O–H groups in total. The van der Waals surface area contributed by atoms with E-state index in [2.05, 4.69) is 4.74 Å². The maximum atomic E-state index is 10.2. The van der Waals surface area contributed by atoms with Gasteiger partial charge in [-0.25, -0.2) is 0 Å². The van der Waals surface area contributed by atoms with Crippen molar-refractivity contribution in [1.82, 2.24) is 0 Å². The molecule has 0 aromatic heterocycles. The molecular formula is C7H10CaO5. The Morgan fingerprint density at radius 1 is 1.38 bits per heavy atom. The van der Waals surface area contributed by atoms with Gasteiger partial charge >= 0.3 is 37.7 Å². The minimum absolute atomic E-state index is 0. The van der Waals surface area contributed by atoms with Crippen LogP contribution in [0.3, 0.4) is 0 Å². The molecule has 70 valence electrons.